The molecule has 0 spiro atoms. The van der Waals surface area contributed by atoms with E-state index in [4.69, 9.17) is 32.7 Å². The molecule has 136 valence electrons. The Bertz CT molecular complexity index is 746. The van der Waals surface area contributed by atoms with E-state index in [9.17, 15) is 4.79 Å². The fourth-order valence-corrected chi connectivity index (χ4v) is 3.99. The molecule has 26 heavy (non-hydrogen) atoms. The van der Waals surface area contributed by atoms with Gasteiger partial charge in [-0.15, -0.1) is 0 Å². The molecule has 7 heteroatoms. The molecule has 1 atom stereocenters. The normalized spacial score (nSPS) is 11.1. The molecule has 0 bridgehead atoms. The summed E-state index contributed by atoms with van der Waals surface area (Å²) < 4.78 is 11.6. The van der Waals surface area contributed by atoms with Crippen molar-refractivity contribution in [2.24, 2.45) is 0 Å². The van der Waals surface area contributed by atoms with Gasteiger partial charge in [0.25, 0.3) is 0 Å². The van der Waals surface area contributed by atoms with Gasteiger partial charge in [-0.2, -0.15) is 0 Å². The predicted octanol–water partition coefficient (Wildman–Crippen LogP) is 5.06. The van der Waals surface area contributed by atoms with Crippen LogP contribution in [0.5, 0.6) is 11.5 Å². The first kappa shape index (κ1) is 23.4. The van der Waals surface area contributed by atoms with Crippen LogP contribution >= 0.6 is 31.8 Å². The van der Waals surface area contributed by atoms with E-state index in [1.54, 1.807) is 18.2 Å². The molecule has 0 saturated carbocycles. The quantitative estimate of drug-likeness (QED) is 0.475. The molecule has 0 aliphatic rings. The summed E-state index contributed by atoms with van der Waals surface area (Å²) >= 11 is 12.3. The van der Waals surface area contributed by atoms with Crippen molar-refractivity contribution < 1.29 is 14.3 Å². The van der Waals surface area contributed by atoms with Gasteiger partial charge in [-0.05, 0) is 60.5 Å². The number of benzene rings is 2. The van der Waals surface area contributed by atoms with E-state index < -0.39 is 0 Å². The molecule has 3 nitrogen and oxygen atoms in total. The minimum absolute atomic E-state index is 0. The Morgan fingerprint density at radius 1 is 0.962 bits per heavy atom. The molecular weight excluding hydrogens is 385 g/mol. The molecule has 1 unspecified atom stereocenters. The number of carbonyl (C=O) groups is 1. The van der Waals surface area contributed by atoms with E-state index in [-0.39, 0.29) is 45.2 Å². The zero-order valence-corrected chi connectivity index (χ0v) is 17.1. The van der Waals surface area contributed by atoms with Crippen LogP contribution in [-0.4, -0.2) is 36.6 Å². The number of ether oxygens (including phenoxy) is 2. The van der Waals surface area contributed by atoms with Crippen LogP contribution in [0.1, 0.15) is 38.1 Å². The van der Waals surface area contributed by atoms with Gasteiger partial charge in [0.2, 0.25) is 0 Å². The van der Waals surface area contributed by atoms with E-state index in [1.165, 1.54) is 0 Å². The standard InChI is InChI=1S/C19H21Cl2O3P.Li.H/c1-11(2)23-13-8-9-17(16(10-13)24-12(3)4)25-19(22)18-14(20)6-5-7-15(18)21;;/h5-12,25H,1-4H3;;. The third-order valence-electron chi connectivity index (χ3n) is 3.13. The number of halogens is 2. The summed E-state index contributed by atoms with van der Waals surface area (Å²) in [5, 5.41) is 1.51. The Hall–Kier alpha value is -0.683. The summed E-state index contributed by atoms with van der Waals surface area (Å²) in [4.78, 5) is 12.7. The van der Waals surface area contributed by atoms with E-state index in [0.29, 0.717) is 27.1 Å². The first-order valence-electron chi connectivity index (χ1n) is 8.00. The molecule has 0 saturated heterocycles. The van der Waals surface area contributed by atoms with Crippen LogP contribution in [-0.2, 0) is 0 Å². The molecule has 0 N–H and O–H groups in total. The minimum atomic E-state index is -0.149. The number of hydrogen-bond donors (Lipinski definition) is 0. The molecule has 0 amide bonds. The van der Waals surface area contributed by atoms with Gasteiger partial charge in [0.1, 0.15) is 11.5 Å². The molecule has 0 aliphatic heterocycles. The fraction of sp³-hybridized carbons (Fsp3) is 0.316. The Labute approximate surface area is 178 Å². The second-order valence-electron chi connectivity index (χ2n) is 6.04. The van der Waals surface area contributed by atoms with E-state index >= 15 is 0 Å². The van der Waals surface area contributed by atoms with Crippen LogP contribution in [0.3, 0.4) is 0 Å². The molecule has 2 rings (SSSR count). The summed E-state index contributed by atoms with van der Waals surface area (Å²) in [6.45, 7) is 7.80. The molecule has 0 aromatic heterocycles. The van der Waals surface area contributed by atoms with Crippen molar-refractivity contribution in [1.82, 2.24) is 0 Å². The van der Waals surface area contributed by atoms with Crippen LogP contribution in [0.15, 0.2) is 36.4 Å². The van der Waals surface area contributed by atoms with Crippen molar-refractivity contribution in [3.8, 4) is 11.5 Å². The Kier molecular flexibility index (Phi) is 9.52. The van der Waals surface area contributed by atoms with Gasteiger partial charge in [-0.3, -0.25) is 4.79 Å². The van der Waals surface area contributed by atoms with Gasteiger partial charge < -0.3 is 9.47 Å². The summed E-state index contributed by atoms with van der Waals surface area (Å²) in [6.07, 6.45) is 0.0422. The van der Waals surface area contributed by atoms with Crippen LogP contribution in [0.4, 0.5) is 0 Å². The van der Waals surface area contributed by atoms with Gasteiger partial charge in [0.15, 0.2) is 5.52 Å². The summed E-state index contributed by atoms with van der Waals surface area (Å²) in [6, 6.07) is 10.6. The van der Waals surface area contributed by atoms with Gasteiger partial charge >= 0.3 is 18.9 Å². The second kappa shape index (κ2) is 10.6. The Morgan fingerprint density at radius 3 is 2.08 bits per heavy atom. The van der Waals surface area contributed by atoms with Crippen LogP contribution < -0.4 is 14.8 Å². The van der Waals surface area contributed by atoms with Crippen LogP contribution in [0.25, 0.3) is 0 Å². The summed E-state index contributed by atoms with van der Waals surface area (Å²) in [7, 11) is -0.149. The van der Waals surface area contributed by atoms with Crippen molar-refractivity contribution in [3.05, 3.63) is 52.0 Å². The number of hydrogen-bond acceptors (Lipinski definition) is 3. The third kappa shape index (κ3) is 6.49. The van der Waals surface area contributed by atoms with Crippen LogP contribution in [0.2, 0.25) is 10.0 Å². The molecule has 0 fully saturated rings. The number of carbonyl (C=O) groups excluding carboxylic acids is 1. The van der Waals surface area contributed by atoms with Crippen molar-refractivity contribution >= 4 is 61.5 Å². The Morgan fingerprint density at radius 2 is 1.54 bits per heavy atom. The molecule has 0 heterocycles. The van der Waals surface area contributed by atoms with E-state index in [0.717, 1.165) is 5.30 Å². The van der Waals surface area contributed by atoms with Crippen molar-refractivity contribution in [2.45, 2.75) is 39.9 Å². The van der Waals surface area contributed by atoms with Gasteiger partial charge in [0.05, 0.1) is 27.8 Å². The maximum atomic E-state index is 12.7. The SMILES string of the molecule is CC(C)Oc1ccc(PC(=O)c2c(Cl)cccc2Cl)c(OC(C)C)c1.[LiH]. The van der Waals surface area contributed by atoms with Crippen LogP contribution in [0, 0.1) is 0 Å². The summed E-state index contributed by atoms with van der Waals surface area (Å²) in [5.74, 6) is 1.35. The zero-order valence-electron chi connectivity index (χ0n) is 14.6. The average Bonchev–Trinajstić information content (AvgIpc) is 2.48. The fourth-order valence-electron chi connectivity index (χ4n) is 2.20. The average molecular weight is 407 g/mol. The maximum absolute atomic E-state index is 12.7. The van der Waals surface area contributed by atoms with Gasteiger partial charge in [-0.1, -0.05) is 29.3 Å². The third-order valence-corrected chi connectivity index (χ3v) is 4.91. The first-order valence-corrected chi connectivity index (χ1v) is 9.76. The molecular formula is C19H22Cl2LiO3P. The molecule has 2 aromatic rings. The van der Waals surface area contributed by atoms with Crippen molar-refractivity contribution in [3.63, 3.8) is 0 Å². The zero-order chi connectivity index (χ0) is 18.6. The van der Waals surface area contributed by atoms with E-state index in [1.807, 2.05) is 45.9 Å². The van der Waals surface area contributed by atoms with Crippen molar-refractivity contribution in [1.29, 1.82) is 0 Å². The van der Waals surface area contributed by atoms with E-state index in [2.05, 4.69) is 0 Å². The summed E-state index contributed by atoms with van der Waals surface area (Å²) in [5.41, 5.74) is 0.226. The number of rotatable bonds is 7. The van der Waals surface area contributed by atoms with Gasteiger partial charge in [-0.25, -0.2) is 0 Å². The predicted molar refractivity (Wildman–Crippen MR) is 114 cm³/mol. The molecule has 0 radical (unpaired) electrons. The topological polar surface area (TPSA) is 35.5 Å². The second-order valence-corrected chi connectivity index (χ2v) is 8.10. The first-order chi connectivity index (χ1) is 11.8. The Balaban J connectivity index is 0.00000338. The van der Waals surface area contributed by atoms with Gasteiger partial charge in [0, 0.05) is 11.4 Å². The molecule has 2 aromatic carbocycles. The monoisotopic (exact) mass is 406 g/mol. The molecule has 0 aliphatic carbocycles. The van der Waals surface area contributed by atoms with Crippen molar-refractivity contribution in [2.75, 3.05) is 0 Å².